The van der Waals surface area contributed by atoms with Gasteiger partial charge >= 0.3 is 5.97 Å². The van der Waals surface area contributed by atoms with Crippen LogP contribution in [-0.4, -0.2) is 19.0 Å². The summed E-state index contributed by atoms with van der Waals surface area (Å²) in [6.45, 7) is 1.96. The van der Waals surface area contributed by atoms with Gasteiger partial charge < -0.3 is 10.1 Å². The minimum Gasteiger partial charge on any atom is -0.465 e. The molecule has 1 N–H and O–H groups in total. The molecule has 0 aliphatic rings. The molecule has 0 saturated carbocycles. The number of carbonyl (C=O) groups excluding carboxylic acids is 2. The van der Waals surface area contributed by atoms with E-state index in [1.54, 1.807) is 30.3 Å². The number of nitrogens with one attached hydrogen (secondary N) is 1. The van der Waals surface area contributed by atoms with E-state index in [4.69, 9.17) is 0 Å². The van der Waals surface area contributed by atoms with Crippen molar-refractivity contribution in [3.63, 3.8) is 0 Å². The zero-order valence-corrected chi connectivity index (χ0v) is 13.2. The average Bonchev–Trinajstić information content (AvgIpc) is 2.47. The van der Waals surface area contributed by atoms with Crippen molar-refractivity contribution in [2.24, 2.45) is 0 Å². The lowest BCUT2D eigenvalue weighted by Gasteiger charge is -2.08. The number of aryl methyl sites for hydroxylation is 1. The molecule has 2 aromatic carbocycles. The van der Waals surface area contributed by atoms with E-state index in [1.807, 2.05) is 19.1 Å². The van der Waals surface area contributed by atoms with Gasteiger partial charge in [0.1, 0.15) is 0 Å². The number of halogens is 1. The molecule has 0 aromatic heterocycles. The van der Waals surface area contributed by atoms with Crippen LogP contribution in [0.5, 0.6) is 0 Å². The predicted molar refractivity (Wildman–Crippen MR) is 84.6 cm³/mol. The van der Waals surface area contributed by atoms with Gasteiger partial charge in [0, 0.05) is 10.2 Å². The van der Waals surface area contributed by atoms with Crippen molar-refractivity contribution in [2.45, 2.75) is 6.92 Å². The largest absolute Gasteiger partial charge is 0.465 e. The fourth-order valence-electron chi connectivity index (χ4n) is 1.81. The average molecular weight is 348 g/mol. The topological polar surface area (TPSA) is 55.4 Å². The highest BCUT2D eigenvalue weighted by Gasteiger charge is 2.11. The molecule has 0 bridgehead atoms. The Kier molecular flexibility index (Phi) is 4.75. The molecular weight excluding hydrogens is 334 g/mol. The normalized spacial score (nSPS) is 10.0. The van der Waals surface area contributed by atoms with Gasteiger partial charge in [-0.15, -0.1) is 0 Å². The van der Waals surface area contributed by atoms with E-state index >= 15 is 0 Å². The predicted octanol–water partition coefficient (Wildman–Crippen LogP) is 3.80. The van der Waals surface area contributed by atoms with Gasteiger partial charge in [0.15, 0.2) is 0 Å². The molecule has 1 amide bonds. The third kappa shape index (κ3) is 3.70. The molecule has 4 nitrogen and oxygen atoms in total. The van der Waals surface area contributed by atoms with Crippen LogP contribution in [0.25, 0.3) is 0 Å². The third-order valence-corrected chi connectivity index (χ3v) is 3.59. The molecule has 0 radical (unpaired) electrons. The second kappa shape index (κ2) is 6.54. The fourth-order valence-corrected chi connectivity index (χ4v) is 2.48. The zero-order chi connectivity index (χ0) is 15.4. The first-order valence-corrected chi connectivity index (χ1v) is 7.06. The Morgan fingerprint density at radius 1 is 1.10 bits per heavy atom. The Bertz CT molecular complexity index is 680. The molecular formula is C16H14BrNO3. The van der Waals surface area contributed by atoms with E-state index in [9.17, 15) is 9.59 Å². The van der Waals surface area contributed by atoms with Crippen LogP contribution >= 0.6 is 15.9 Å². The summed E-state index contributed by atoms with van der Waals surface area (Å²) in [6.07, 6.45) is 0. The summed E-state index contributed by atoms with van der Waals surface area (Å²) in [5.74, 6) is -0.623. The van der Waals surface area contributed by atoms with E-state index in [0.717, 1.165) is 10.0 Å². The van der Waals surface area contributed by atoms with Crippen molar-refractivity contribution >= 4 is 33.5 Å². The number of amides is 1. The molecule has 0 saturated heterocycles. The van der Waals surface area contributed by atoms with E-state index in [0.29, 0.717) is 16.8 Å². The molecule has 108 valence electrons. The zero-order valence-electron chi connectivity index (χ0n) is 11.6. The SMILES string of the molecule is COC(=O)c1ccc(NC(=O)c2ccc(C)cc2Br)cc1. The van der Waals surface area contributed by atoms with Gasteiger partial charge in [-0.1, -0.05) is 6.07 Å². The second-order valence-electron chi connectivity index (χ2n) is 4.51. The lowest BCUT2D eigenvalue weighted by Crippen LogP contribution is -2.12. The standard InChI is InChI=1S/C16H14BrNO3/c1-10-3-8-13(14(17)9-10)15(19)18-12-6-4-11(5-7-12)16(20)21-2/h3-9H,1-2H3,(H,18,19). The molecule has 0 aliphatic heterocycles. The van der Waals surface area contributed by atoms with Crippen LogP contribution in [0.2, 0.25) is 0 Å². The molecule has 0 aliphatic carbocycles. The Morgan fingerprint density at radius 2 is 1.76 bits per heavy atom. The van der Waals surface area contributed by atoms with Gasteiger partial charge in [0.25, 0.3) is 5.91 Å². The van der Waals surface area contributed by atoms with E-state index in [-0.39, 0.29) is 5.91 Å². The first-order valence-electron chi connectivity index (χ1n) is 6.27. The molecule has 2 rings (SSSR count). The first kappa shape index (κ1) is 15.3. The molecule has 0 heterocycles. The Hall–Kier alpha value is -2.14. The minimum atomic E-state index is -0.408. The lowest BCUT2D eigenvalue weighted by molar-refractivity contribution is 0.0600. The van der Waals surface area contributed by atoms with Crippen LogP contribution in [0.15, 0.2) is 46.9 Å². The maximum Gasteiger partial charge on any atom is 0.337 e. The molecule has 21 heavy (non-hydrogen) atoms. The van der Waals surface area contributed by atoms with Crippen molar-refractivity contribution in [3.05, 3.63) is 63.6 Å². The van der Waals surface area contributed by atoms with Gasteiger partial charge in [-0.2, -0.15) is 0 Å². The van der Waals surface area contributed by atoms with E-state index in [2.05, 4.69) is 26.0 Å². The van der Waals surface area contributed by atoms with Gasteiger partial charge in [0.05, 0.1) is 18.2 Å². The third-order valence-electron chi connectivity index (χ3n) is 2.93. The van der Waals surface area contributed by atoms with Crippen molar-refractivity contribution in [1.82, 2.24) is 0 Å². The summed E-state index contributed by atoms with van der Waals surface area (Å²) in [5.41, 5.74) is 2.67. The monoisotopic (exact) mass is 347 g/mol. The van der Waals surface area contributed by atoms with Crippen molar-refractivity contribution < 1.29 is 14.3 Å². The van der Waals surface area contributed by atoms with Gasteiger partial charge in [-0.05, 0) is 64.8 Å². The minimum absolute atomic E-state index is 0.215. The Balaban J connectivity index is 2.14. The number of carbonyl (C=O) groups is 2. The van der Waals surface area contributed by atoms with Crippen LogP contribution in [0, 0.1) is 6.92 Å². The highest BCUT2D eigenvalue weighted by Crippen LogP contribution is 2.20. The van der Waals surface area contributed by atoms with E-state index < -0.39 is 5.97 Å². The number of hydrogen-bond donors (Lipinski definition) is 1. The molecule has 0 spiro atoms. The van der Waals surface area contributed by atoms with Gasteiger partial charge in [-0.3, -0.25) is 4.79 Å². The number of ether oxygens (including phenoxy) is 1. The number of esters is 1. The summed E-state index contributed by atoms with van der Waals surface area (Å²) in [5, 5.41) is 2.78. The fraction of sp³-hybridized carbons (Fsp3) is 0.125. The molecule has 5 heteroatoms. The molecule has 0 unspecified atom stereocenters. The van der Waals surface area contributed by atoms with Crippen molar-refractivity contribution in [1.29, 1.82) is 0 Å². The lowest BCUT2D eigenvalue weighted by atomic mass is 10.1. The Morgan fingerprint density at radius 3 is 2.33 bits per heavy atom. The van der Waals surface area contributed by atoms with Crippen LogP contribution in [-0.2, 0) is 4.74 Å². The van der Waals surface area contributed by atoms with E-state index in [1.165, 1.54) is 7.11 Å². The Labute approximate surface area is 131 Å². The highest BCUT2D eigenvalue weighted by molar-refractivity contribution is 9.10. The summed E-state index contributed by atoms with van der Waals surface area (Å²) < 4.78 is 5.36. The smallest absolute Gasteiger partial charge is 0.337 e. The highest BCUT2D eigenvalue weighted by atomic mass is 79.9. The maximum atomic E-state index is 12.2. The molecule has 2 aromatic rings. The number of anilines is 1. The van der Waals surface area contributed by atoms with Crippen LogP contribution in [0.4, 0.5) is 5.69 Å². The number of benzene rings is 2. The summed E-state index contributed by atoms with van der Waals surface area (Å²) in [6, 6.07) is 12.0. The molecule has 0 atom stereocenters. The van der Waals surface area contributed by atoms with Crippen LogP contribution in [0.1, 0.15) is 26.3 Å². The number of hydrogen-bond acceptors (Lipinski definition) is 3. The van der Waals surface area contributed by atoms with Gasteiger partial charge in [-0.25, -0.2) is 4.79 Å². The second-order valence-corrected chi connectivity index (χ2v) is 5.36. The summed E-state index contributed by atoms with van der Waals surface area (Å²) in [4.78, 5) is 23.5. The quantitative estimate of drug-likeness (QED) is 0.859. The maximum absolute atomic E-state index is 12.2. The number of methoxy groups -OCH3 is 1. The van der Waals surface area contributed by atoms with Crippen molar-refractivity contribution in [2.75, 3.05) is 12.4 Å². The van der Waals surface area contributed by atoms with Crippen LogP contribution < -0.4 is 5.32 Å². The van der Waals surface area contributed by atoms with Gasteiger partial charge in [0.2, 0.25) is 0 Å². The first-order chi connectivity index (χ1) is 10.0. The molecule has 0 fully saturated rings. The summed E-state index contributed by atoms with van der Waals surface area (Å²) >= 11 is 3.38. The van der Waals surface area contributed by atoms with Crippen LogP contribution in [0.3, 0.4) is 0 Å². The number of rotatable bonds is 3. The van der Waals surface area contributed by atoms with Crippen molar-refractivity contribution in [3.8, 4) is 0 Å². The summed E-state index contributed by atoms with van der Waals surface area (Å²) in [7, 11) is 1.33.